The molecule has 0 saturated heterocycles. The number of benzene rings is 1. The highest BCUT2D eigenvalue weighted by molar-refractivity contribution is 5.80. The number of nitrogens with one attached hydrogen (secondary N) is 1. The van der Waals surface area contributed by atoms with Gasteiger partial charge < -0.3 is 15.8 Å². The maximum absolute atomic E-state index is 12.4. The quantitative estimate of drug-likeness (QED) is 0.887. The Labute approximate surface area is 120 Å². The average molecular weight is 276 g/mol. The molecule has 0 heterocycles. The number of methoxy groups -OCH3 is 1. The van der Waals surface area contributed by atoms with Crippen molar-refractivity contribution in [3.63, 3.8) is 0 Å². The predicted molar refractivity (Wildman–Crippen MR) is 79.5 cm³/mol. The molecule has 0 radical (unpaired) electrons. The Morgan fingerprint density at radius 2 is 2.05 bits per heavy atom. The minimum Gasteiger partial charge on any atom is -0.496 e. The molecule has 4 heteroatoms. The number of amides is 1. The zero-order valence-electron chi connectivity index (χ0n) is 12.3. The lowest BCUT2D eigenvalue weighted by Gasteiger charge is -2.29. The first kappa shape index (κ1) is 14.9. The summed E-state index contributed by atoms with van der Waals surface area (Å²) in [6, 6.07) is 7.68. The molecule has 2 rings (SSSR count). The summed E-state index contributed by atoms with van der Waals surface area (Å²) in [5.41, 5.74) is 7.06. The van der Waals surface area contributed by atoms with Crippen LogP contribution < -0.4 is 15.8 Å². The number of rotatable bonds is 4. The number of para-hydroxylation sites is 1. The third kappa shape index (κ3) is 3.31. The Kier molecular flexibility index (Phi) is 5.01. The molecular formula is C16H24N2O2. The molecule has 0 aliphatic heterocycles. The molecule has 4 nitrogen and oxygen atoms in total. The predicted octanol–water partition coefficient (Wildman–Crippen LogP) is 2.39. The Morgan fingerprint density at radius 3 is 2.75 bits per heavy atom. The molecular weight excluding hydrogens is 252 g/mol. The van der Waals surface area contributed by atoms with Crippen molar-refractivity contribution in [1.29, 1.82) is 0 Å². The molecule has 1 aliphatic carbocycles. The monoisotopic (exact) mass is 276 g/mol. The van der Waals surface area contributed by atoms with E-state index in [2.05, 4.69) is 5.32 Å². The van der Waals surface area contributed by atoms with Crippen LogP contribution in [0.1, 0.15) is 44.2 Å². The Hall–Kier alpha value is -1.55. The smallest absolute Gasteiger partial charge is 0.225 e. The first-order valence-corrected chi connectivity index (χ1v) is 7.32. The number of ether oxygens (including phenoxy) is 1. The molecule has 1 aromatic carbocycles. The Balaban J connectivity index is 2.03. The van der Waals surface area contributed by atoms with Gasteiger partial charge in [0.05, 0.1) is 19.1 Å². The minimum absolute atomic E-state index is 0.00591. The highest BCUT2D eigenvalue weighted by atomic mass is 16.5. The van der Waals surface area contributed by atoms with E-state index in [0.29, 0.717) is 0 Å². The van der Waals surface area contributed by atoms with Crippen molar-refractivity contribution in [3.05, 3.63) is 29.8 Å². The van der Waals surface area contributed by atoms with Crippen molar-refractivity contribution < 1.29 is 9.53 Å². The lowest BCUT2D eigenvalue weighted by molar-refractivity contribution is -0.127. The number of carbonyl (C=O) groups is 1. The van der Waals surface area contributed by atoms with E-state index >= 15 is 0 Å². The number of carbonyl (C=O) groups excluding carboxylic acids is 1. The Morgan fingerprint density at radius 1 is 1.35 bits per heavy atom. The van der Waals surface area contributed by atoms with Crippen molar-refractivity contribution >= 4 is 5.91 Å². The summed E-state index contributed by atoms with van der Waals surface area (Å²) in [5, 5.41) is 3.07. The Bertz CT molecular complexity index is 462. The van der Waals surface area contributed by atoms with Crippen molar-refractivity contribution in [2.24, 2.45) is 11.7 Å². The summed E-state index contributed by atoms with van der Waals surface area (Å²) in [6.07, 6.45) is 4.06. The highest BCUT2D eigenvalue weighted by Crippen LogP contribution is 2.27. The van der Waals surface area contributed by atoms with Crippen LogP contribution in [0.2, 0.25) is 0 Å². The topological polar surface area (TPSA) is 64.3 Å². The van der Waals surface area contributed by atoms with Gasteiger partial charge in [-0.3, -0.25) is 4.79 Å². The van der Waals surface area contributed by atoms with E-state index in [4.69, 9.17) is 10.5 Å². The highest BCUT2D eigenvalue weighted by Gasteiger charge is 2.29. The van der Waals surface area contributed by atoms with Crippen LogP contribution in [-0.2, 0) is 4.79 Å². The first-order valence-electron chi connectivity index (χ1n) is 7.32. The van der Waals surface area contributed by atoms with E-state index in [0.717, 1.165) is 37.0 Å². The molecule has 3 N–H and O–H groups in total. The van der Waals surface area contributed by atoms with Crippen LogP contribution in [0.15, 0.2) is 24.3 Å². The van der Waals surface area contributed by atoms with Gasteiger partial charge >= 0.3 is 0 Å². The minimum atomic E-state index is -0.0761. The van der Waals surface area contributed by atoms with Gasteiger partial charge in [0.1, 0.15) is 5.75 Å². The van der Waals surface area contributed by atoms with E-state index in [1.807, 2.05) is 31.2 Å². The first-order chi connectivity index (χ1) is 9.63. The molecule has 1 aliphatic rings. The lowest BCUT2D eigenvalue weighted by Crippen LogP contribution is -2.44. The van der Waals surface area contributed by atoms with E-state index < -0.39 is 0 Å². The molecule has 3 atom stereocenters. The van der Waals surface area contributed by atoms with Crippen LogP contribution in [-0.4, -0.2) is 19.1 Å². The second-order valence-corrected chi connectivity index (χ2v) is 5.53. The molecule has 110 valence electrons. The molecule has 0 spiro atoms. The van der Waals surface area contributed by atoms with E-state index in [-0.39, 0.29) is 23.9 Å². The molecule has 0 bridgehead atoms. The summed E-state index contributed by atoms with van der Waals surface area (Å²) >= 11 is 0. The molecule has 1 amide bonds. The van der Waals surface area contributed by atoms with Gasteiger partial charge in [-0.05, 0) is 25.8 Å². The normalized spacial score (nSPS) is 23.9. The van der Waals surface area contributed by atoms with Crippen LogP contribution >= 0.6 is 0 Å². The number of hydrogen-bond donors (Lipinski definition) is 2. The fourth-order valence-corrected chi connectivity index (χ4v) is 2.91. The van der Waals surface area contributed by atoms with Crippen LogP contribution in [0, 0.1) is 5.92 Å². The molecule has 1 fully saturated rings. The van der Waals surface area contributed by atoms with Crippen molar-refractivity contribution in [2.45, 2.75) is 44.7 Å². The van der Waals surface area contributed by atoms with Crippen LogP contribution in [0.25, 0.3) is 0 Å². The third-order valence-electron chi connectivity index (χ3n) is 4.12. The maximum atomic E-state index is 12.4. The SMILES string of the molecule is COc1ccccc1[C@H](C)NC(=O)C1CCCCC1N. The maximum Gasteiger partial charge on any atom is 0.225 e. The standard InChI is InChI=1S/C16H24N2O2/c1-11(12-7-4-6-10-15(12)20-2)18-16(19)13-8-3-5-9-14(13)17/h4,6-7,10-11,13-14H,3,5,8-9,17H2,1-2H3,(H,18,19)/t11-,13?,14?/m0/s1. The van der Waals surface area contributed by atoms with E-state index in [1.165, 1.54) is 0 Å². The van der Waals surface area contributed by atoms with Gasteiger partial charge in [0.15, 0.2) is 0 Å². The third-order valence-corrected chi connectivity index (χ3v) is 4.12. The molecule has 1 aromatic rings. The zero-order chi connectivity index (χ0) is 14.5. The van der Waals surface area contributed by atoms with Crippen molar-refractivity contribution in [1.82, 2.24) is 5.32 Å². The molecule has 20 heavy (non-hydrogen) atoms. The summed E-state index contributed by atoms with van der Waals surface area (Å²) < 4.78 is 5.34. The second kappa shape index (κ2) is 6.75. The van der Waals surface area contributed by atoms with Crippen LogP contribution in [0.5, 0.6) is 5.75 Å². The van der Waals surface area contributed by atoms with Crippen LogP contribution in [0.3, 0.4) is 0 Å². The summed E-state index contributed by atoms with van der Waals surface area (Å²) in [5.74, 6) is 0.810. The van der Waals surface area contributed by atoms with Gasteiger partial charge in [0.25, 0.3) is 0 Å². The molecule has 1 saturated carbocycles. The average Bonchev–Trinajstić information content (AvgIpc) is 2.47. The van der Waals surface area contributed by atoms with E-state index in [9.17, 15) is 4.79 Å². The lowest BCUT2D eigenvalue weighted by atomic mass is 9.84. The largest absolute Gasteiger partial charge is 0.496 e. The fourth-order valence-electron chi connectivity index (χ4n) is 2.91. The van der Waals surface area contributed by atoms with Gasteiger partial charge in [-0.15, -0.1) is 0 Å². The molecule has 2 unspecified atom stereocenters. The number of nitrogens with two attached hydrogens (primary N) is 1. The summed E-state index contributed by atoms with van der Waals surface area (Å²) in [7, 11) is 1.64. The van der Waals surface area contributed by atoms with Gasteiger partial charge in [-0.25, -0.2) is 0 Å². The van der Waals surface area contributed by atoms with Gasteiger partial charge in [0, 0.05) is 11.6 Å². The van der Waals surface area contributed by atoms with Crippen molar-refractivity contribution in [2.75, 3.05) is 7.11 Å². The van der Waals surface area contributed by atoms with Crippen LogP contribution in [0.4, 0.5) is 0 Å². The van der Waals surface area contributed by atoms with Gasteiger partial charge in [-0.2, -0.15) is 0 Å². The zero-order valence-corrected chi connectivity index (χ0v) is 12.3. The second-order valence-electron chi connectivity index (χ2n) is 5.53. The van der Waals surface area contributed by atoms with Gasteiger partial charge in [0.2, 0.25) is 5.91 Å². The van der Waals surface area contributed by atoms with E-state index in [1.54, 1.807) is 7.11 Å². The summed E-state index contributed by atoms with van der Waals surface area (Å²) in [6.45, 7) is 1.98. The summed E-state index contributed by atoms with van der Waals surface area (Å²) in [4.78, 5) is 12.4. The van der Waals surface area contributed by atoms with Gasteiger partial charge in [-0.1, -0.05) is 31.0 Å². The van der Waals surface area contributed by atoms with Crippen molar-refractivity contribution in [3.8, 4) is 5.75 Å². The fraction of sp³-hybridized carbons (Fsp3) is 0.562. The molecule has 0 aromatic heterocycles. The number of hydrogen-bond acceptors (Lipinski definition) is 3.